The molecule has 0 aliphatic rings. The molecule has 0 saturated heterocycles. The van der Waals surface area contributed by atoms with Gasteiger partial charge in [0.1, 0.15) is 0 Å². The van der Waals surface area contributed by atoms with E-state index in [0.717, 1.165) is 43.1 Å². The Hall–Kier alpha value is -0.920. The molecule has 0 aromatic carbocycles. The molecule has 0 unspecified atom stereocenters. The minimum atomic E-state index is -4.10. The molecule has 0 spiro atoms. The highest BCUT2D eigenvalue weighted by Gasteiger charge is 2.14. The Bertz CT molecular complexity index is 471. The Balaban J connectivity index is 3.59. The molecule has 7 heteroatoms. The van der Waals surface area contributed by atoms with Crippen LogP contribution in [0.15, 0.2) is 12.2 Å². The molecule has 0 radical (unpaired) electrons. The van der Waals surface area contributed by atoms with Gasteiger partial charge in [0.05, 0.1) is 43.9 Å². The Labute approximate surface area is 140 Å². The van der Waals surface area contributed by atoms with Crippen molar-refractivity contribution in [1.82, 2.24) is 0 Å². The Kier molecular flexibility index (Phi) is 10.3. The molecule has 6 nitrogen and oxygen atoms in total. The van der Waals surface area contributed by atoms with Crippen LogP contribution in [0.5, 0.6) is 0 Å². The SMILES string of the molecule is C=C(C)C(=O)OCCCCCCC[N+](C)(C)CCCS(=O)(=O)[O-]. The standard InChI is InChI=1S/C16H31NO5S/c1-15(2)16(18)22-13-9-7-5-6-8-11-17(3,4)12-10-14-23(19,20)21/h1,5-14H2,2-4H3. The van der Waals surface area contributed by atoms with Gasteiger partial charge in [-0.25, -0.2) is 13.2 Å². The molecule has 0 amide bonds. The summed E-state index contributed by atoms with van der Waals surface area (Å²) < 4.78 is 37.5. The Morgan fingerprint density at radius 3 is 2.13 bits per heavy atom. The van der Waals surface area contributed by atoms with Gasteiger partial charge in [-0.15, -0.1) is 0 Å². The van der Waals surface area contributed by atoms with Crippen LogP contribution in [0.1, 0.15) is 45.4 Å². The third-order valence-corrected chi connectivity index (χ3v) is 4.44. The summed E-state index contributed by atoms with van der Waals surface area (Å²) in [6.07, 6.45) is 5.52. The molecule has 0 atom stereocenters. The lowest BCUT2D eigenvalue weighted by atomic mass is 10.1. The Morgan fingerprint density at radius 1 is 1.04 bits per heavy atom. The van der Waals surface area contributed by atoms with Gasteiger partial charge in [0.15, 0.2) is 0 Å². The van der Waals surface area contributed by atoms with Gasteiger partial charge in [0, 0.05) is 17.7 Å². The summed E-state index contributed by atoms with van der Waals surface area (Å²) >= 11 is 0. The van der Waals surface area contributed by atoms with Crippen LogP contribution >= 0.6 is 0 Å². The predicted octanol–water partition coefficient (Wildman–Crippen LogP) is 2.07. The highest BCUT2D eigenvalue weighted by atomic mass is 32.2. The van der Waals surface area contributed by atoms with E-state index in [0.29, 0.717) is 25.1 Å². The van der Waals surface area contributed by atoms with Crippen molar-refractivity contribution in [1.29, 1.82) is 0 Å². The van der Waals surface area contributed by atoms with E-state index in [9.17, 15) is 17.8 Å². The number of ether oxygens (including phenoxy) is 1. The lowest BCUT2D eigenvalue weighted by molar-refractivity contribution is -0.890. The van der Waals surface area contributed by atoms with Gasteiger partial charge in [0.25, 0.3) is 0 Å². The van der Waals surface area contributed by atoms with Gasteiger partial charge in [-0.3, -0.25) is 0 Å². The van der Waals surface area contributed by atoms with Crippen molar-refractivity contribution in [3.63, 3.8) is 0 Å². The molecule has 0 N–H and O–H groups in total. The number of nitrogens with zero attached hydrogens (tertiary/aromatic N) is 1. The predicted molar refractivity (Wildman–Crippen MR) is 89.9 cm³/mol. The van der Waals surface area contributed by atoms with E-state index in [2.05, 4.69) is 20.7 Å². The van der Waals surface area contributed by atoms with Gasteiger partial charge < -0.3 is 13.8 Å². The van der Waals surface area contributed by atoms with Crippen molar-refractivity contribution in [2.75, 3.05) is 39.5 Å². The second-order valence-corrected chi connectivity index (χ2v) is 8.21. The largest absolute Gasteiger partial charge is 0.748 e. The van der Waals surface area contributed by atoms with E-state index in [1.54, 1.807) is 6.92 Å². The lowest BCUT2D eigenvalue weighted by Gasteiger charge is -2.30. The van der Waals surface area contributed by atoms with E-state index >= 15 is 0 Å². The van der Waals surface area contributed by atoms with Crippen LogP contribution in [0.3, 0.4) is 0 Å². The number of esters is 1. The number of carbonyl (C=O) groups is 1. The average molecular weight is 349 g/mol. The number of hydrogen-bond acceptors (Lipinski definition) is 5. The first kappa shape index (κ1) is 22.1. The fraction of sp³-hybridized carbons (Fsp3) is 0.812. The van der Waals surface area contributed by atoms with Crippen molar-refractivity contribution < 1.29 is 27.0 Å². The molecule has 0 aromatic rings. The zero-order valence-corrected chi connectivity index (χ0v) is 15.5. The van der Waals surface area contributed by atoms with Crippen LogP contribution in [0.25, 0.3) is 0 Å². The molecule has 0 aromatic heterocycles. The van der Waals surface area contributed by atoms with Crippen molar-refractivity contribution in [2.45, 2.75) is 45.4 Å². The van der Waals surface area contributed by atoms with Gasteiger partial charge in [-0.05, 0) is 26.2 Å². The van der Waals surface area contributed by atoms with Gasteiger partial charge in [-0.1, -0.05) is 19.4 Å². The van der Waals surface area contributed by atoms with E-state index in [1.807, 2.05) is 0 Å². The first-order valence-corrected chi connectivity index (χ1v) is 9.69. The highest BCUT2D eigenvalue weighted by molar-refractivity contribution is 7.85. The van der Waals surface area contributed by atoms with Gasteiger partial charge >= 0.3 is 5.97 Å². The zero-order chi connectivity index (χ0) is 17.9. The van der Waals surface area contributed by atoms with Gasteiger partial charge in [-0.2, -0.15) is 0 Å². The van der Waals surface area contributed by atoms with Crippen molar-refractivity contribution in [3.8, 4) is 0 Å². The topological polar surface area (TPSA) is 83.5 Å². The third-order valence-electron chi connectivity index (χ3n) is 3.65. The lowest BCUT2D eigenvalue weighted by Crippen LogP contribution is -2.41. The van der Waals surface area contributed by atoms with Crippen molar-refractivity contribution in [2.24, 2.45) is 0 Å². The highest BCUT2D eigenvalue weighted by Crippen LogP contribution is 2.08. The first-order chi connectivity index (χ1) is 10.5. The molecule has 0 heterocycles. The van der Waals surface area contributed by atoms with Crippen LogP contribution in [0.4, 0.5) is 0 Å². The number of carbonyl (C=O) groups excluding carboxylic acids is 1. The number of quaternary nitrogens is 1. The second-order valence-electron chi connectivity index (χ2n) is 6.68. The molecule has 0 saturated carbocycles. The van der Waals surface area contributed by atoms with Crippen LogP contribution in [0, 0.1) is 0 Å². The molecular formula is C16H31NO5S. The molecule has 0 fully saturated rings. The normalized spacial score (nSPS) is 12.2. The van der Waals surface area contributed by atoms with E-state index < -0.39 is 10.1 Å². The monoisotopic (exact) mass is 349 g/mol. The van der Waals surface area contributed by atoms with Crippen LogP contribution in [-0.4, -0.2) is 63.0 Å². The minimum absolute atomic E-state index is 0.280. The van der Waals surface area contributed by atoms with E-state index in [1.165, 1.54) is 0 Å². The van der Waals surface area contributed by atoms with Gasteiger partial charge in [0.2, 0.25) is 0 Å². The summed E-state index contributed by atoms with van der Waals surface area (Å²) in [4.78, 5) is 11.2. The van der Waals surface area contributed by atoms with Crippen LogP contribution in [-0.2, 0) is 19.6 Å². The number of hydrogen-bond donors (Lipinski definition) is 0. The minimum Gasteiger partial charge on any atom is -0.748 e. The summed E-state index contributed by atoms with van der Waals surface area (Å²) in [6.45, 7) is 7.25. The average Bonchev–Trinajstić information content (AvgIpc) is 2.39. The maximum Gasteiger partial charge on any atom is 0.333 e. The molecule has 0 rings (SSSR count). The first-order valence-electron chi connectivity index (χ1n) is 8.12. The summed E-state index contributed by atoms with van der Waals surface area (Å²) in [6, 6.07) is 0. The summed E-state index contributed by atoms with van der Waals surface area (Å²) in [5.41, 5.74) is 0.426. The maximum atomic E-state index is 11.2. The van der Waals surface area contributed by atoms with E-state index in [-0.39, 0.29) is 11.7 Å². The van der Waals surface area contributed by atoms with Crippen LogP contribution in [0.2, 0.25) is 0 Å². The molecule has 136 valence electrons. The fourth-order valence-corrected chi connectivity index (χ4v) is 2.72. The molecule has 23 heavy (non-hydrogen) atoms. The molecular weight excluding hydrogens is 318 g/mol. The number of unbranched alkanes of at least 4 members (excludes halogenated alkanes) is 4. The maximum absolute atomic E-state index is 11.2. The van der Waals surface area contributed by atoms with E-state index in [4.69, 9.17) is 4.74 Å². The summed E-state index contributed by atoms with van der Waals surface area (Å²) in [5, 5.41) is 0. The Morgan fingerprint density at radius 2 is 1.57 bits per heavy atom. The van der Waals surface area contributed by atoms with Crippen molar-refractivity contribution >= 4 is 16.1 Å². The summed E-state index contributed by atoms with van der Waals surface area (Å²) in [7, 11) is 0.00274. The zero-order valence-electron chi connectivity index (χ0n) is 14.7. The number of rotatable bonds is 13. The fourth-order valence-electron chi connectivity index (χ4n) is 2.24. The van der Waals surface area contributed by atoms with Crippen LogP contribution < -0.4 is 0 Å². The molecule has 0 aliphatic carbocycles. The quantitative estimate of drug-likeness (QED) is 0.167. The molecule has 0 aliphatic heterocycles. The molecule has 0 bridgehead atoms. The third kappa shape index (κ3) is 14.4. The van der Waals surface area contributed by atoms with Crippen molar-refractivity contribution in [3.05, 3.63) is 12.2 Å². The smallest absolute Gasteiger partial charge is 0.333 e. The second kappa shape index (κ2) is 10.8. The summed E-state index contributed by atoms with van der Waals surface area (Å²) in [5.74, 6) is -0.610.